The van der Waals surface area contributed by atoms with Crippen LogP contribution in [0.1, 0.15) is 0 Å². The van der Waals surface area contributed by atoms with Gasteiger partial charge in [-0.1, -0.05) is 23.1 Å². The molecule has 0 aromatic heterocycles. The van der Waals surface area contributed by atoms with E-state index in [0.717, 1.165) is 10.9 Å². The molecule has 0 aliphatic carbocycles. The second-order valence-electron chi connectivity index (χ2n) is 2.53. The Hall–Kier alpha value is -1.05. The summed E-state index contributed by atoms with van der Waals surface area (Å²) < 4.78 is 0. The third kappa shape index (κ3) is 0.967. The Bertz CT molecular complexity index is 233. The quantitative estimate of drug-likeness (QED) is 0.299. The lowest BCUT2D eigenvalue weighted by atomic mass is 9.86. The van der Waals surface area contributed by atoms with Gasteiger partial charge in [-0.15, -0.1) is 0 Å². The summed E-state index contributed by atoms with van der Waals surface area (Å²) in [5, 5.41) is 0. The van der Waals surface area contributed by atoms with Gasteiger partial charge in [0, 0.05) is 11.4 Å². The van der Waals surface area contributed by atoms with Gasteiger partial charge in [-0.3, -0.25) is 0 Å². The predicted molar refractivity (Wildman–Crippen MR) is 51.6 cm³/mol. The van der Waals surface area contributed by atoms with Gasteiger partial charge in [0.2, 0.25) is 0 Å². The summed E-state index contributed by atoms with van der Waals surface area (Å²) in [6.45, 7) is 0. The van der Waals surface area contributed by atoms with Crippen molar-refractivity contribution in [3.05, 3.63) is 12.1 Å². The Morgan fingerprint density at radius 2 is 1.20 bits per heavy atom. The van der Waals surface area contributed by atoms with Gasteiger partial charge in [-0.25, -0.2) is 0 Å². The smallest absolute Gasteiger partial charge is 0.142 e. The van der Waals surface area contributed by atoms with Crippen LogP contribution in [0.2, 0.25) is 0 Å². The van der Waals surface area contributed by atoms with Crippen molar-refractivity contribution in [2.45, 2.75) is 0 Å². The highest BCUT2D eigenvalue weighted by molar-refractivity contribution is 6.41. The zero-order valence-electron chi connectivity index (χ0n) is 6.31. The first-order valence-corrected chi connectivity index (χ1v) is 3.24. The van der Waals surface area contributed by atoms with Crippen LogP contribution in [0.25, 0.3) is 0 Å². The minimum absolute atomic E-state index is 0.708. The molecule has 0 aliphatic heterocycles. The summed E-state index contributed by atoms with van der Waals surface area (Å²) in [6.07, 6.45) is 0. The molecule has 0 saturated heterocycles. The highest BCUT2D eigenvalue weighted by atomic mass is 14.7. The Morgan fingerprint density at radius 1 is 0.900 bits per heavy atom. The van der Waals surface area contributed by atoms with Gasteiger partial charge in [0.15, 0.2) is 0 Å². The minimum atomic E-state index is 0.708. The van der Waals surface area contributed by atoms with E-state index in [0.29, 0.717) is 11.4 Å². The normalized spacial score (nSPS) is 9.60. The molecule has 0 aliphatic rings. The zero-order chi connectivity index (χ0) is 7.72. The largest absolute Gasteiger partial charge is 0.398 e. The lowest BCUT2D eigenvalue weighted by Gasteiger charge is -2.06. The molecule has 0 atom stereocenters. The summed E-state index contributed by atoms with van der Waals surface area (Å²) in [6, 6.07) is 3.95. The molecule has 1 aromatic carbocycles. The average Bonchev–Trinajstić information content (AvgIpc) is 1.93. The van der Waals surface area contributed by atoms with E-state index in [2.05, 4.69) is 0 Å². The van der Waals surface area contributed by atoms with Gasteiger partial charge in [0.25, 0.3) is 0 Å². The number of benzene rings is 1. The van der Waals surface area contributed by atoms with Crippen molar-refractivity contribution in [2.75, 3.05) is 11.5 Å². The maximum Gasteiger partial charge on any atom is 0.142 e. The first-order chi connectivity index (χ1) is 4.63. The lowest BCUT2D eigenvalue weighted by molar-refractivity contribution is 1.76. The van der Waals surface area contributed by atoms with Crippen LogP contribution < -0.4 is 22.4 Å². The second kappa shape index (κ2) is 2.29. The molecule has 4 heteroatoms. The standard InChI is InChI=1S/C6H10B2N2/c7-3-1-2-4(8)6(10)5(3)9/h1-2H,7-10H2. The topological polar surface area (TPSA) is 52.0 Å². The van der Waals surface area contributed by atoms with Crippen LogP contribution in [-0.4, -0.2) is 15.7 Å². The van der Waals surface area contributed by atoms with Crippen molar-refractivity contribution in [1.82, 2.24) is 0 Å². The van der Waals surface area contributed by atoms with Crippen LogP contribution in [0.15, 0.2) is 12.1 Å². The van der Waals surface area contributed by atoms with Crippen LogP contribution >= 0.6 is 0 Å². The molecule has 0 fully saturated rings. The van der Waals surface area contributed by atoms with Crippen LogP contribution in [0, 0.1) is 0 Å². The summed E-state index contributed by atoms with van der Waals surface area (Å²) in [5.41, 5.74) is 14.8. The van der Waals surface area contributed by atoms with Gasteiger partial charge in [0.1, 0.15) is 15.7 Å². The molecule has 0 unspecified atom stereocenters. The number of nitrogen functional groups attached to an aromatic ring is 2. The van der Waals surface area contributed by atoms with Crippen molar-refractivity contribution in [1.29, 1.82) is 0 Å². The van der Waals surface area contributed by atoms with E-state index in [1.807, 2.05) is 27.8 Å². The number of hydrogen-bond donors (Lipinski definition) is 2. The molecular formula is C6H10B2N2. The molecular weight excluding hydrogens is 122 g/mol. The maximum absolute atomic E-state index is 5.66. The second-order valence-corrected chi connectivity index (χ2v) is 2.53. The molecule has 4 N–H and O–H groups in total. The Labute approximate surface area is 62.4 Å². The number of anilines is 2. The fourth-order valence-corrected chi connectivity index (χ4v) is 0.854. The highest BCUT2D eigenvalue weighted by Gasteiger charge is 1.99. The van der Waals surface area contributed by atoms with Crippen LogP contribution in [0.5, 0.6) is 0 Å². The average molecular weight is 132 g/mol. The molecule has 2 nitrogen and oxygen atoms in total. The van der Waals surface area contributed by atoms with E-state index >= 15 is 0 Å². The van der Waals surface area contributed by atoms with E-state index in [1.165, 1.54) is 0 Å². The first kappa shape index (κ1) is 7.06. The molecule has 10 heavy (non-hydrogen) atoms. The van der Waals surface area contributed by atoms with Crippen molar-refractivity contribution in [3.63, 3.8) is 0 Å². The molecule has 50 valence electrons. The van der Waals surface area contributed by atoms with Gasteiger partial charge in [0.05, 0.1) is 0 Å². The maximum atomic E-state index is 5.66. The van der Waals surface area contributed by atoms with Crippen molar-refractivity contribution in [3.8, 4) is 0 Å². The summed E-state index contributed by atoms with van der Waals surface area (Å²) >= 11 is 0. The first-order valence-electron chi connectivity index (χ1n) is 3.24. The minimum Gasteiger partial charge on any atom is -0.398 e. The van der Waals surface area contributed by atoms with E-state index in [9.17, 15) is 0 Å². The fraction of sp³-hybridized carbons (Fsp3) is 0. The van der Waals surface area contributed by atoms with Crippen LogP contribution in [-0.2, 0) is 0 Å². The predicted octanol–water partition coefficient (Wildman–Crippen LogP) is -2.63. The van der Waals surface area contributed by atoms with Gasteiger partial charge >= 0.3 is 0 Å². The van der Waals surface area contributed by atoms with E-state index in [1.54, 1.807) is 0 Å². The molecule has 1 aromatic rings. The van der Waals surface area contributed by atoms with Crippen molar-refractivity contribution < 1.29 is 0 Å². The third-order valence-electron chi connectivity index (χ3n) is 1.72. The number of nitrogens with two attached hydrogens (primary N) is 2. The van der Waals surface area contributed by atoms with E-state index < -0.39 is 0 Å². The van der Waals surface area contributed by atoms with E-state index in [-0.39, 0.29) is 0 Å². The summed E-state index contributed by atoms with van der Waals surface area (Å²) in [7, 11) is 3.90. The highest BCUT2D eigenvalue weighted by Crippen LogP contribution is 2.04. The Kier molecular flexibility index (Phi) is 1.62. The third-order valence-corrected chi connectivity index (χ3v) is 1.72. The summed E-state index contributed by atoms with van der Waals surface area (Å²) in [4.78, 5) is 0. The van der Waals surface area contributed by atoms with E-state index in [4.69, 9.17) is 11.5 Å². The SMILES string of the molecule is Bc1ccc(B)c(N)c1N. The Morgan fingerprint density at radius 3 is 1.50 bits per heavy atom. The van der Waals surface area contributed by atoms with Gasteiger partial charge < -0.3 is 11.5 Å². The molecule has 0 radical (unpaired) electrons. The molecule has 0 heterocycles. The molecule has 1 rings (SSSR count). The van der Waals surface area contributed by atoms with Crippen molar-refractivity contribution >= 4 is 38.0 Å². The van der Waals surface area contributed by atoms with Crippen molar-refractivity contribution in [2.24, 2.45) is 0 Å². The number of rotatable bonds is 0. The lowest BCUT2D eigenvalue weighted by Crippen LogP contribution is -2.20. The van der Waals surface area contributed by atoms with Gasteiger partial charge in [-0.05, 0) is 0 Å². The van der Waals surface area contributed by atoms with Crippen LogP contribution in [0.4, 0.5) is 11.4 Å². The van der Waals surface area contributed by atoms with Crippen LogP contribution in [0.3, 0.4) is 0 Å². The molecule has 0 spiro atoms. The molecule has 0 amide bonds. The molecule has 0 saturated carbocycles. The fourth-order valence-electron chi connectivity index (χ4n) is 0.854. The summed E-state index contributed by atoms with van der Waals surface area (Å²) in [5.74, 6) is 0. The zero-order valence-corrected chi connectivity index (χ0v) is 6.31. The number of hydrogen-bond acceptors (Lipinski definition) is 2. The monoisotopic (exact) mass is 132 g/mol. The molecule has 0 bridgehead atoms. The Balaban J connectivity index is 3.34. The van der Waals surface area contributed by atoms with Gasteiger partial charge in [-0.2, -0.15) is 0 Å².